The minimum Gasteiger partial charge on any atom is -0.507 e. The molecule has 2 atom stereocenters. The van der Waals surface area contributed by atoms with Crippen molar-refractivity contribution in [1.29, 1.82) is 0 Å². The fourth-order valence-corrected chi connectivity index (χ4v) is 2.47. The number of phenols is 1. The van der Waals surface area contributed by atoms with Gasteiger partial charge in [-0.1, -0.05) is 6.07 Å². The average Bonchev–Trinajstić information content (AvgIpc) is 2.22. The normalized spacial score (nSPS) is 21.2. The lowest BCUT2D eigenvalue weighted by Gasteiger charge is -2.24. The maximum atomic E-state index is 11.8. The lowest BCUT2D eigenvalue weighted by molar-refractivity contribution is 0.0891. The van der Waals surface area contributed by atoms with E-state index >= 15 is 0 Å². The molecule has 0 saturated heterocycles. The first-order valence-corrected chi connectivity index (χ1v) is 5.69. The highest BCUT2D eigenvalue weighted by molar-refractivity contribution is 6.01. The number of hydrogen-bond acceptors (Lipinski definition) is 4. The molecule has 3 N–H and O–H groups in total. The molecule has 4 nitrogen and oxygen atoms in total. The number of carbonyl (C=O) groups is 1. The lowest BCUT2D eigenvalue weighted by atomic mass is 9.84. The second-order valence-corrected chi connectivity index (χ2v) is 4.57. The second kappa shape index (κ2) is 4.13. The van der Waals surface area contributed by atoms with Crippen LogP contribution in [0.15, 0.2) is 6.07 Å². The van der Waals surface area contributed by atoms with Crippen LogP contribution in [0.1, 0.15) is 59.0 Å². The fourth-order valence-electron chi connectivity index (χ4n) is 2.47. The minimum atomic E-state index is -0.841. The van der Waals surface area contributed by atoms with Gasteiger partial charge in [-0.25, -0.2) is 0 Å². The highest BCUT2D eigenvalue weighted by Gasteiger charge is 2.30. The van der Waals surface area contributed by atoms with Crippen molar-refractivity contribution in [1.82, 2.24) is 0 Å². The van der Waals surface area contributed by atoms with Gasteiger partial charge in [-0.05, 0) is 31.4 Å². The fraction of sp³-hybridized carbons (Fsp3) is 0.462. The summed E-state index contributed by atoms with van der Waals surface area (Å²) >= 11 is 0. The summed E-state index contributed by atoms with van der Waals surface area (Å²) < 4.78 is 0. The highest BCUT2D eigenvalue weighted by Crippen LogP contribution is 2.40. The molecule has 1 aromatic carbocycles. The van der Waals surface area contributed by atoms with Crippen molar-refractivity contribution in [2.75, 3.05) is 0 Å². The van der Waals surface area contributed by atoms with Gasteiger partial charge in [0.05, 0.1) is 17.8 Å². The Morgan fingerprint density at radius 3 is 2.71 bits per heavy atom. The van der Waals surface area contributed by atoms with E-state index in [1.165, 1.54) is 6.92 Å². The molecule has 0 unspecified atom stereocenters. The third kappa shape index (κ3) is 1.83. The van der Waals surface area contributed by atoms with Crippen LogP contribution in [0.5, 0.6) is 5.75 Å². The molecule has 0 heterocycles. The van der Waals surface area contributed by atoms with Crippen LogP contribution in [0.2, 0.25) is 0 Å². The Labute approximate surface area is 99.5 Å². The SMILES string of the molecule is Cc1cc2c(c(O)c1[C@@H](C)O)C(=O)CC[C@H]2O. The number of aliphatic hydroxyl groups excluding tert-OH is 2. The van der Waals surface area contributed by atoms with E-state index in [1.807, 2.05) is 0 Å². The molecule has 0 aliphatic heterocycles. The summed E-state index contributed by atoms with van der Waals surface area (Å²) in [7, 11) is 0. The molecule has 1 aliphatic rings. The molecule has 1 aliphatic carbocycles. The largest absolute Gasteiger partial charge is 0.507 e. The van der Waals surface area contributed by atoms with Gasteiger partial charge in [0.15, 0.2) is 5.78 Å². The molecule has 0 radical (unpaired) electrons. The van der Waals surface area contributed by atoms with Crippen molar-refractivity contribution in [2.45, 2.75) is 38.9 Å². The summed E-state index contributed by atoms with van der Waals surface area (Å²) in [5, 5.41) is 29.5. The topological polar surface area (TPSA) is 77.8 Å². The third-order valence-electron chi connectivity index (χ3n) is 3.28. The van der Waals surface area contributed by atoms with E-state index in [4.69, 9.17) is 0 Å². The monoisotopic (exact) mass is 236 g/mol. The van der Waals surface area contributed by atoms with Crippen LogP contribution in [-0.4, -0.2) is 21.1 Å². The van der Waals surface area contributed by atoms with Gasteiger partial charge in [-0.15, -0.1) is 0 Å². The first kappa shape index (κ1) is 12.1. The molecule has 4 heteroatoms. The van der Waals surface area contributed by atoms with Crippen molar-refractivity contribution in [3.63, 3.8) is 0 Å². The van der Waals surface area contributed by atoms with Crippen LogP contribution >= 0.6 is 0 Å². The van der Waals surface area contributed by atoms with Gasteiger partial charge in [0, 0.05) is 12.0 Å². The van der Waals surface area contributed by atoms with Gasteiger partial charge in [0.1, 0.15) is 5.75 Å². The van der Waals surface area contributed by atoms with Crippen molar-refractivity contribution in [2.24, 2.45) is 0 Å². The molecule has 0 fully saturated rings. The number of ketones is 1. The molecule has 2 rings (SSSR count). The number of aromatic hydroxyl groups is 1. The predicted octanol–water partition coefficient (Wildman–Crippen LogP) is 1.76. The van der Waals surface area contributed by atoms with Gasteiger partial charge in [-0.2, -0.15) is 0 Å². The lowest BCUT2D eigenvalue weighted by Crippen LogP contribution is -2.17. The highest BCUT2D eigenvalue weighted by atomic mass is 16.3. The Hall–Kier alpha value is -1.39. The van der Waals surface area contributed by atoms with E-state index in [0.717, 1.165) is 0 Å². The van der Waals surface area contributed by atoms with Crippen molar-refractivity contribution < 1.29 is 20.1 Å². The molecule has 92 valence electrons. The van der Waals surface area contributed by atoms with Crippen LogP contribution < -0.4 is 0 Å². The van der Waals surface area contributed by atoms with Gasteiger partial charge in [-0.3, -0.25) is 4.79 Å². The van der Waals surface area contributed by atoms with Crippen molar-refractivity contribution in [3.8, 4) is 5.75 Å². The Morgan fingerprint density at radius 1 is 1.47 bits per heavy atom. The number of rotatable bonds is 1. The van der Waals surface area contributed by atoms with Crippen LogP contribution in [-0.2, 0) is 0 Å². The van der Waals surface area contributed by atoms with Crippen molar-refractivity contribution >= 4 is 5.78 Å². The van der Waals surface area contributed by atoms with Gasteiger partial charge in [0.2, 0.25) is 0 Å². The number of phenolic OH excluding ortho intramolecular Hbond substituents is 1. The first-order chi connectivity index (χ1) is 7.93. The number of Topliss-reactive ketones (excluding diaryl/α,β-unsaturated/α-hetero) is 1. The second-order valence-electron chi connectivity index (χ2n) is 4.57. The molecule has 1 aromatic rings. The van der Waals surface area contributed by atoms with E-state index in [9.17, 15) is 20.1 Å². The maximum absolute atomic E-state index is 11.8. The molecule has 0 spiro atoms. The third-order valence-corrected chi connectivity index (χ3v) is 3.28. The number of aryl methyl sites for hydroxylation is 1. The molecule has 0 bridgehead atoms. The number of carbonyl (C=O) groups excluding carboxylic acids is 1. The molecule has 17 heavy (non-hydrogen) atoms. The molecule has 0 amide bonds. The van der Waals surface area contributed by atoms with E-state index in [0.29, 0.717) is 23.1 Å². The first-order valence-electron chi connectivity index (χ1n) is 5.69. The Kier molecular flexibility index (Phi) is 2.93. The maximum Gasteiger partial charge on any atom is 0.167 e. The molecular weight excluding hydrogens is 220 g/mol. The van der Waals surface area contributed by atoms with Gasteiger partial charge >= 0.3 is 0 Å². The summed E-state index contributed by atoms with van der Waals surface area (Å²) in [6.07, 6.45) is -0.939. The predicted molar refractivity (Wildman–Crippen MR) is 62.0 cm³/mol. The summed E-state index contributed by atoms with van der Waals surface area (Å²) in [5.74, 6) is -0.358. The zero-order chi connectivity index (χ0) is 12.7. The van der Waals surface area contributed by atoms with Crippen LogP contribution in [0.25, 0.3) is 0 Å². The Bertz CT molecular complexity index is 477. The van der Waals surface area contributed by atoms with E-state index < -0.39 is 12.2 Å². The minimum absolute atomic E-state index is 0.172. The summed E-state index contributed by atoms with van der Waals surface area (Å²) in [4.78, 5) is 11.8. The standard InChI is InChI=1S/C13H16O4/c1-6-5-8-9(15)3-4-10(16)12(8)13(17)11(6)7(2)14/h5,7,9,14-15,17H,3-4H2,1-2H3/t7-,9-/m1/s1. The summed E-state index contributed by atoms with van der Waals surface area (Å²) in [6, 6.07) is 1.68. The molecular formula is C13H16O4. The number of fused-ring (bicyclic) bond motifs is 1. The van der Waals surface area contributed by atoms with Gasteiger partial charge in [0.25, 0.3) is 0 Å². The zero-order valence-electron chi connectivity index (χ0n) is 9.90. The van der Waals surface area contributed by atoms with E-state index in [1.54, 1.807) is 13.0 Å². The van der Waals surface area contributed by atoms with Crippen molar-refractivity contribution in [3.05, 3.63) is 28.3 Å². The van der Waals surface area contributed by atoms with Crippen LogP contribution in [0, 0.1) is 6.92 Å². The molecule has 0 aromatic heterocycles. The smallest absolute Gasteiger partial charge is 0.167 e. The number of benzene rings is 1. The molecule has 0 saturated carbocycles. The zero-order valence-corrected chi connectivity index (χ0v) is 9.90. The Morgan fingerprint density at radius 2 is 2.12 bits per heavy atom. The quantitative estimate of drug-likeness (QED) is 0.694. The van der Waals surface area contributed by atoms with E-state index in [2.05, 4.69) is 0 Å². The van der Waals surface area contributed by atoms with Gasteiger partial charge < -0.3 is 15.3 Å². The average molecular weight is 236 g/mol. The van der Waals surface area contributed by atoms with Crippen LogP contribution in [0.3, 0.4) is 0 Å². The summed E-state index contributed by atoms with van der Waals surface area (Å²) in [6.45, 7) is 3.28. The summed E-state index contributed by atoms with van der Waals surface area (Å²) in [5.41, 5.74) is 1.70. The van der Waals surface area contributed by atoms with Crippen LogP contribution in [0.4, 0.5) is 0 Å². The van der Waals surface area contributed by atoms with E-state index in [-0.39, 0.29) is 23.5 Å². The number of aliphatic hydroxyl groups is 2. The Balaban J connectivity index is 2.72. The number of hydrogen-bond donors (Lipinski definition) is 3.